The van der Waals surface area contributed by atoms with Crippen LogP contribution in [0.3, 0.4) is 0 Å². The molecule has 0 aliphatic carbocycles. The van der Waals surface area contributed by atoms with Crippen LogP contribution in [0.15, 0.2) is 12.2 Å². The fraction of sp³-hybridized carbons (Fsp3) is 0.842. The van der Waals surface area contributed by atoms with E-state index in [4.69, 9.17) is 0 Å². The van der Waals surface area contributed by atoms with Crippen molar-refractivity contribution < 1.29 is 4.79 Å². The number of unbranched alkanes of at least 4 members (excludes halogenated alkanes) is 9. The second-order valence-electron chi connectivity index (χ2n) is 6.57. The maximum Gasteiger partial charge on any atom is 0.246 e. The predicted molar refractivity (Wildman–Crippen MR) is 93.4 cm³/mol. The zero-order valence-corrected chi connectivity index (χ0v) is 14.7. The maximum absolute atomic E-state index is 11.4. The summed E-state index contributed by atoms with van der Waals surface area (Å²) in [6.45, 7) is 10.7. The highest BCUT2D eigenvalue weighted by Crippen LogP contribution is 2.13. The monoisotopic (exact) mass is 295 g/mol. The molecule has 0 aliphatic heterocycles. The molecule has 0 saturated carbocycles. The van der Waals surface area contributed by atoms with Crippen LogP contribution in [0.25, 0.3) is 0 Å². The van der Waals surface area contributed by atoms with Crippen LogP contribution in [0.5, 0.6) is 0 Å². The lowest BCUT2D eigenvalue weighted by Gasteiger charge is -2.12. The van der Waals surface area contributed by atoms with Crippen LogP contribution in [0.2, 0.25) is 0 Å². The summed E-state index contributed by atoms with van der Waals surface area (Å²) in [6.07, 6.45) is 15.0. The highest BCUT2D eigenvalue weighted by atomic mass is 16.1. The number of carbonyl (C=O) groups is 1. The van der Waals surface area contributed by atoms with Crippen LogP contribution in [0, 0.1) is 5.92 Å². The average Bonchev–Trinajstić information content (AvgIpc) is 2.46. The molecule has 1 amide bonds. The Balaban J connectivity index is 3.27. The normalized spacial score (nSPS) is 12.1. The lowest BCUT2D eigenvalue weighted by Crippen LogP contribution is -2.28. The SMILES string of the molecule is C=C(C)C(=O)NCC(C)CCCCCCCCCCCC. The summed E-state index contributed by atoms with van der Waals surface area (Å²) < 4.78 is 0. The number of hydrogen-bond acceptors (Lipinski definition) is 1. The van der Waals surface area contributed by atoms with Gasteiger partial charge in [0.1, 0.15) is 0 Å². The summed E-state index contributed by atoms with van der Waals surface area (Å²) in [7, 11) is 0. The third kappa shape index (κ3) is 13.9. The minimum Gasteiger partial charge on any atom is -0.352 e. The van der Waals surface area contributed by atoms with E-state index in [0.29, 0.717) is 11.5 Å². The Morgan fingerprint density at radius 1 is 0.952 bits per heavy atom. The van der Waals surface area contributed by atoms with Gasteiger partial charge in [0.2, 0.25) is 5.91 Å². The molecule has 2 nitrogen and oxygen atoms in total. The quantitative estimate of drug-likeness (QED) is 0.327. The van der Waals surface area contributed by atoms with Gasteiger partial charge >= 0.3 is 0 Å². The summed E-state index contributed by atoms with van der Waals surface area (Å²) >= 11 is 0. The largest absolute Gasteiger partial charge is 0.352 e. The van der Waals surface area contributed by atoms with E-state index in [1.165, 1.54) is 70.6 Å². The molecule has 0 aromatic carbocycles. The molecular weight excluding hydrogens is 258 g/mol. The van der Waals surface area contributed by atoms with E-state index < -0.39 is 0 Å². The van der Waals surface area contributed by atoms with Gasteiger partial charge in [0.25, 0.3) is 0 Å². The van der Waals surface area contributed by atoms with Gasteiger partial charge < -0.3 is 5.32 Å². The van der Waals surface area contributed by atoms with Crippen molar-refractivity contribution >= 4 is 5.91 Å². The standard InChI is InChI=1S/C19H37NO/c1-5-6-7-8-9-10-11-12-13-14-15-18(4)16-20-19(21)17(2)3/h18H,2,5-16H2,1,3-4H3,(H,20,21). The lowest BCUT2D eigenvalue weighted by atomic mass is 10.0. The summed E-state index contributed by atoms with van der Waals surface area (Å²) in [5, 5.41) is 2.93. The molecule has 0 rings (SSSR count). The zero-order valence-electron chi connectivity index (χ0n) is 14.7. The third-order valence-corrected chi connectivity index (χ3v) is 4.05. The summed E-state index contributed by atoms with van der Waals surface area (Å²) in [5.41, 5.74) is 0.598. The van der Waals surface area contributed by atoms with Crippen molar-refractivity contribution in [2.75, 3.05) is 6.54 Å². The molecule has 0 heterocycles. The molecule has 0 spiro atoms. The Labute approximate surface area is 132 Å². The molecule has 0 saturated heterocycles. The van der Waals surface area contributed by atoms with Crippen LogP contribution in [0.1, 0.15) is 91.4 Å². The van der Waals surface area contributed by atoms with Crippen molar-refractivity contribution in [1.29, 1.82) is 0 Å². The van der Waals surface area contributed by atoms with Crippen molar-refractivity contribution in [3.8, 4) is 0 Å². The van der Waals surface area contributed by atoms with Gasteiger partial charge in [-0.3, -0.25) is 4.79 Å². The summed E-state index contributed by atoms with van der Waals surface area (Å²) in [5.74, 6) is 0.562. The molecule has 2 heteroatoms. The van der Waals surface area contributed by atoms with E-state index in [1.54, 1.807) is 6.92 Å². The Hall–Kier alpha value is -0.790. The van der Waals surface area contributed by atoms with E-state index in [2.05, 4.69) is 25.7 Å². The first-order valence-corrected chi connectivity index (χ1v) is 9.01. The van der Waals surface area contributed by atoms with Crippen LogP contribution in [-0.4, -0.2) is 12.5 Å². The molecule has 1 N–H and O–H groups in total. The molecule has 21 heavy (non-hydrogen) atoms. The molecule has 0 bridgehead atoms. The van der Waals surface area contributed by atoms with Crippen molar-refractivity contribution in [2.24, 2.45) is 5.92 Å². The van der Waals surface area contributed by atoms with Gasteiger partial charge in [-0.15, -0.1) is 0 Å². The van der Waals surface area contributed by atoms with E-state index in [9.17, 15) is 4.79 Å². The van der Waals surface area contributed by atoms with E-state index in [1.807, 2.05) is 0 Å². The first-order chi connectivity index (χ1) is 10.1. The van der Waals surface area contributed by atoms with E-state index in [0.717, 1.165) is 6.54 Å². The van der Waals surface area contributed by atoms with Gasteiger partial charge in [-0.2, -0.15) is 0 Å². The summed E-state index contributed by atoms with van der Waals surface area (Å²) in [6, 6.07) is 0. The Kier molecular flexibility index (Phi) is 13.6. The molecule has 0 aromatic heterocycles. The molecule has 0 aliphatic rings. The minimum absolute atomic E-state index is 0.00933. The highest BCUT2D eigenvalue weighted by Gasteiger charge is 2.05. The smallest absolute Gasteiger partial charge is 0.246 e. The van der Waals surface area contributed by atoms with Crippen molar-refractivity contribution in [3.05, 3.63) is 12.2 Å². The van der Waals surface area contributed by atoms with Crippen molar-refractivity contribution in [2.45, 2.75) is 91.4 Å². The van der Waals surface area contributed by atoms with Gasteiger partial charge in [-0.1, -0.05) is 84.6 Å². The Bertz CT molecular complexity index is 273. The first-order valence-electron chi connectivity index (χ1n) is 9.01. The van der Waals surface area contributed by atoms with Gasteiger partial charge in [-0.05, 0) is 19.3 Å². The highest BCUT2D eigenvalue weighted by molar-refractivity contribution is 5.92. The van der Waals surface area contributed by atoms with Crippen molar-refractivity contribution in [3.63, 3.8) is 0 Å². The molecule has 0 fully saturated rings. The van der Waals surface area contributed by atoms with Gasteiger partial charge in [-0.25, -0.2) is 0 Å². The second kappa shape index (κ2) is 14.2. The average molecular weight is 296 g/mol. The first kappa shape index (κ1) is 20.2. The summed E-state index contributed by atoms with van der Waals surface area (Å²) in [4.78, 5) is 11.4. The Morgan fingerprint density at radius 2 is 1.43 bits per heavy atom. The van der Waals surface area contributed by atoms with Gasteiger partial charge in [0, 0.05) is 12.1 Å². The number of carbonyl (C=O) groups excluding carboxylic acids is 1. The van der Waals surface area contributed by atoms with Crippen LogP contribution in [0.4, 0.5) is 0 Å². The molecule has 0 radical (unpaired) electrons. The van der Waals surface area contributed by atoms with Crippen LogP contribution < -0.4 is 5.32 Å². The lowest BCUT2D eigenvalue weighted by molar-refractivity contribution is -0.117. The fourth-order valence-electron chi connectivity index (χ4n) is 2.50. The van der Waals surface area contributed by atoms with E-state index >= 15 is 0 Å². The molecule has 124 valence electrons. The van der Waals surface area contributed by atoms with Crippen molar-refractivity contribution in [1.82, 2.24) is 5.32 Å². The number of amides is 1. The zero-order chi connectivity index (χ0) is 15.9. The fourth-order valence-corrected chi connectivity index (χ4v) is 2.50. The number of nitrogens with one attached hydrogen (secondary N) is 1. The van der Waals surface area contributed by atoms with Crippen LogP contribution >= 0.6 is 0 Å². The molecular formula is C19H37NO. The molecule has 0 aromatic rings. The molecule has 1 atom stereocenters. The third-order valence-electron chi connectivity index (χ3n) is 4.05. The maximum atomic E-state index is 11.4. The van der Waals surface area contributed by atoms with Gasteiger partial charge in [0.15, 0.2) is 0 Å². The number of rotatable bonds is 14. The molecule has 1 unspecified atom stereocenters. The van der Waals surface area contributed by atoms with Gasteiger partial charge in [0.05, 0.1) is 0 Å². The van der Waals surface area contributed by atoms with Crippen LogP contribution in [-0.2, 0) is 4.79 Å². The van der Waals surface area contributed by atoms with E-state index in [-0.39, 0.29) is 5.91 Å². The minimum atomic E-state index is -0.00933. The number of hydrogen-bond donors (Lipinski definition) is 1. The second-order valence-corrected chi connectivity index (χ2v) is 6.57. The Morgan fingerprint density at radius 3 is 1.90 bits per heavy atom. The topological polar surface area (TPSA) is 29.1 Å². The predicted octanol–water partition coefficient (Wildman–Crippen LogP) is 5.63.